The Morgan fingerprint density at radius 2 is 1.97 bits per heavy atom. The van der Waals surface area contributed by atoms with Gasteiger partial charge in [-0.3, -0.25) is 10.2 Å². The molecule has 2 aliphatic rings. The first-order valence-corrected chi connectivity index (χ1v) is 12.5. The maximum absolute atomic E-state index is 12.5. The average molecular weight is 517 g/mol. The second-order valence-corrected chi connectivity index (χ2v) is 9.04. The van der Waals surface area contributed by atoms with Gasteiger partial charge in [0.05, 0.1) is 24.6 Å². The zero-order chi connectivity index (χ0) is 24.2. The molecule has 1 amide bonds. The number of fused-ring (bicyclic) bond motifs is 1. The molecule has 4 rings (SSSR count). The molecule has 0 bridgehead atoms. The topological polar surface area (TPSA) is 96.6 Å². The number of carbonyl (C=O) groups excluding carboxylic acids is 1. The summed E-state index contributed by atoms with van der Waals surface area (Å²) in [6.45, 7) is 2.57. The van der Waals surface area contributed by atoms with Crippen LogP contribution in [-0.2, 0) is 4.79 Å². The van der Waals surface area contributed by atoms with Crippen LogP contribution in [0.15, 0.2) is 51.4 Å². The summed E-state index contributed by atoms with van der Waals surface area (Å²) in [4.78, 5) is 18.2. The molecular weight excluding hydrogens is 496 g/mol. The van der Waals surface area contributed by atoms with Crippen molar-refractivity contribution in [3.05, 3.63) is 58.1 Å². The van der Waals surface area contributed by atoms with Crippen LogP contribution in [0.3, 0.4) is 0 Å². The molecule has 8 nitrogen and oxygen atoms in total. The van der Waals surface area contributed by atoms with Gasteiger partial charge in [0.15, 0.2) is 16.7 Å². The van der Waals surface area contributed by atoms with E-state index in [1.165, 1.54) is 11.8 Å². The molecular formula is C23H21ClN4O4S2. The van der Waals surface area contributed by atoms with E-state index in [0.717, 1.165) is 23.3 Å². The largest absolute Gasteiger partial charge is 0.493 e. The van der Waals surface area contributed by atoms with Gasteiger partial charge in [-0.25, -0.2) is 4.90 Å². The van der Waals surface area contributed by atoms with Crippen LogP contribution < -0.4 is 14.2 Å². The van der Waals surface area contributed by atoms with Crippen molar-refractivity contribution in [3.63, 3.8) is 0 Å². The molecule has 0 fully saturated rings. The van der Waals surface area contributed by atoms with Gasteiger partial charge in [-0.05, 0) is 60.7 Å². The van der Waals surface area contributed by atoms with Gasteiger partial charge in [0.2, 0.25) is 5.17 Å². The van der Waals surface area contributed by atoms with Crippen molar-refractivity contribution in [2.24, 2.45) is 9.39 Å². The monoisotopic (exact) mass is 516 g/mol. The van der Waals surface area contributed by atoms with Crippen LogP contribution in [0.4, 0.5) is 0 Å². The summed E-state index contributed by atoms with van der Waals surface area (Å²) in [5.74, 6) is 1.32. The van der Waals surface area contributed by atoms with Gasteiger partial charge in [-0.2, -0.15) is 9.39 Å². The second-order valence-electron chi connectivity index (χ2n) is 7.13. The Balaban J connectivity index is 1.44. The first-order chi connectivity index (χ1) is 16.4. The highest BCUT2D eigenvalue weighted by atomic mass is 35.5. The fourth-order valence-electron chi connectivity index (χ4n) is 3.21. The van der Waals surface area contributed by atoms with Crippen LogP contribution in [0, 0.1) is 12.3 Å². The molecule has 0 aromatic heterocycles. The molecule has 0 saturated carbocycles. The summed E-state index contributed by atoms with van der Waals surface area (Å²) in [6, 6.07) is 10.8. The molecule has 2 heterocycles. The minimum absolute atomic E-state index is 0.0435. The summed E-state index contributed by atoms with van der Waals surface area (Å²) in [6.07, 6.45) is 3.48. The van der Waals surface area contributed by atoms with Gasteiger partial charge in [-0.1, -0.05) is 29.4 Å². The van der Waals surface area contributed by atoms with Gasteiger partial charge < -0.3 is 14.2 Å². The van der Waals surface area contributed by atoms with Crippen molar-refractivity contribution in [1.82, 2.24) is 4.90 Å². The van der Waals surface area contributed by atoms with Crippen LogP contribution in [0.1, 0.15) is 11.1 Å². The SMILES string of the molecule is COc1cc(/C=C2/C(=N)N3C(SC)=NSC3=NC2=O)ccc1OCCOc1ccc(Cl)c(C)c1. The van der Waals surface area contributed by atoms with Crippen molar-refractivity contribution in [2.45, 2.75) is 6.92 Å². The molecule has 0 atom stereocenters. The van der Waals surface area contributed by atoms with E-state index in [4.69, 9.17) is 31.2 Å². The number of rotatable bonds is 7. The Morgan fingerprint density at radius 3 is 2.71 bits per heavy atom. The number of benzene rings is 2. The van der Waals surface area contributed by atoms with Crippen molar-refractivity contribution in [3.8, 4) is 17.2 Å². The van der Waals surface area contributed by atoms with Crippen molar-refractivity contribution < 1.29 is 19.0 Å². The third-order valence-electron chi connectivity index (χ3n) is 4.91. The molecule has 0 saturated heterocycles. The lowest BCUT2D eigenvalue weighted by atomic mass is 10.1. The molecule has 176 valence electrons. The molecule has 2 aliphatic heterocycles. The number of nitrogens with zero attached hydrogens (tertiary/aromatic N) is 3. The Bertz CT molecular complexity index is 1250. The van der Waals surface area contributed by atoms with Crippen LogP contribution in [0.5, 0.6) is 17.2 Å². The molecule has 2 aromatic carbocycles. The number of thioether (sulfide) groups is 1. The lowest BCUT2D eigenvalue weighted by Gasteiger charge is -2.23. The number of hydrogen-bond acceptors (Lipinski definition) is 8. The molecule has 0 aliphatic carbocycles. The van der Waals surface area contributed by atoms with Gasteiger partial charge in [0.25, 0.3) is 5.91 Å². The van der Waals surface area contributed by atoms with E-state index in [-0.39, 0.29) is 11.4 Å². The third kappa shape index (κ3) is 5.08. The van der Waals surface area contributed by atoms with Crippen LogP contribution in [-0.4, -0.2) is 53.6 Å². The normalized spacial score (nSPS) is 16.4. The highest BCUT2D eigenvalue weighted by molar-refractivity contribution is 8.18. The number of aryl methyl sites for hydroxylation is 1. The van der Waals surface area contributed by atoms with Gasteiger partial charge in [-0.15, -0.1) is 0 Å². The molecule has 0 radical (unpaired) electrons. The standard InChI is InChI=1S/C23H21ClN4O4S2/c1-13-10-15(5-6-17(13)24)31-8-9-32-18-7-4-14(12-19(18)30-2)11-16-20(25)28-22(26-21(16)29)34-27-23(28)33-3/h4-7,10-12,25H,8-9H2,1-3H3/b16-11-,25-20?. The van der Waals surface area contributed by atoms with Crippen LogP contribution in [0.25, 0.3) is 6.08 Å². The highest BCUT2D eigenvalue weighted by Gasteiger charge is 2.37. The maximum atomic E-state index is 12.5. The predicted molar refractivity (Wildman–Crippen MR) is 139 cm³/mol. The number of ether oxygens (including phenoxy) is 3. The van der Waals surface area contributed by atoms with Gasteiger partial charge >= 0.3 is 0 Å². The number of hydrogen-bond donors (Lipinski definition) is 1. The minimum atomic E-state index is -0.477. The first-order valence-electron chi connectivity index (χ1n) is 10.1. The van der Waals surface area contributed by atoms with E-state index < -0.39 is 5.91 Å². The molecule has 0 spiro atoms. The summed E-state index contributed by atoms with van der Waals surface area (Å²) in [7, 11) is 1.54. The lowest BCUT2D eigenvalue weighted by molar-refractivity contribution is -0.114. The summed E-state index contributed by atoms with van der Waals surface area (Å²) in [5, 5.41) is 10.2. The van der Waals surface area contributed by atoms with E-state index in [0.29, 0.717) is 45.6 Å². The van der Waals surface area contributed by atoms with E-state index in [9.17, 15) is 4.79 Å². The number of amidine groups is 3. The molecule has 11 heteroatoms. The molecule has 1 N–H and O–H groups in total. The Labute approximate surface area is 210 Å². The zero-order valence-electron chi connectivity index (χ0n) is 18.6. The average Bonchev–Trinajstić information content (AvgIpc) is 3.25. The smallest absolute Gasteiger partial charge is 0.283 e. The third-order valence-corrected chi connectivity index (χ3v) is 6.79. The summed E-state index contributed by atoms with van der Waals surface area (Å²) in [5.41, 5.74) is 1.80. The minimum Gasteiger partial charge on any atom is -0.493 e. The first kappa shape index (κ1) is 24.2. The Morgan fingerprint density at radius 1 is 1.18 bits per heavy atom. The second kappa shape index (κ2) is 10.5. The number of amides is 1. The van der Waals surface area contributed by atoms with E-state index in [2.05, 4.69) is 9.39 Å². The van der Waals surface area contributed by atoms with Crippen molar-refractivity contribution in [1.29, 1.82) is 5.41 Å². The van der Waals surface area contributed by atoms with Crippen molar-refractivity contribution in [2.75, 3.05) is 26.6 Å². The highest BCUT2D eigenvalue weighted by Crippen LogP contribution is 2.33. The number of nitrogens with one attached hydrogen (secondary N) is 1. The Hall–Kier alpha value is -2.95. The predicted octanol–water partition coefficient (Wildman–Crippen LogP) is 5.05. The Kier molecular flexibility index (Phi) is 7.50. The quantitative estimate of drug-likeness (QED) is 0.312. The number of carbonyl (C=O) groups is 1. The van der Waals surface area contributed by atoms with Gasteiger partial charge in [0.1, 0.15) is 24.8 Å². The van der Waals surface area contributed by atoms with Crippen LogP contribution >= 0.6 is 35.3 Å². The fourth-order valence-corrected chi connectivity index (χ4v) is 4.78. The number of halogens is 1. The maximum Gasteiger partial charge on any atom is 0.283 e. The number of methoxy groups -OCH3 is 1. The van der Waals surface area contributed by atoms with Crippen LogP contribution in [0.2, 0.25) is 5.02 Å². The van der Waals surface area contributed by atoms with Gasteiger partial charge in [0, 0.05) is 5.02 Å². The zero-order valence-corrected chi connectivity index (χ0v) is 21.0. The summed E-state index contributed by atoms with van der Waals surface area (Å²) < 4.78 is 21.2. The molecule has 2 aromatic rings. The van der Waals surface area contributed by atoms with E-state index in [1.54, 1.807) is 42.4 Å². The van der Waals surface area contributed by atoms with Crippen molar-refractivity contribution >= 4 is 63.5 Å². The van der Waals surface area contributed by atoms with E-state index >= 15 is 0 Å². The lowest BCUT2D eigenvalue weighted by Crippen LogP contribution is -2.41. The van der Waals surface area contributed by atoms with E-state index in [1.807, 2.05) is 25.3 Å². The number of aliphatic imine (C=N–C) groups is 1. The summed E-state index contributed by atoms with van der Waals surface area (Å²) >= 11 is 8.52. The molecule has 34 heavy (non-hydrogen) atoms. The fraction of sp³-hybridized carbons (Fsp3) is 0.217. The molecule has 0 unspecified atom stereocenters.